The molecule has 1 aliphatic rings. The number of aromatic nitrogens is 3. The molecule has 6 heteroatoms. The van der Waals surface area contributed by atoms with Gasteiger partial charge in [-0.15, -0.1) is 0 Å². The van der Waals surface area contributed by atoms with Crippen LogP contribution in [0, 0.1) is 6.92 Å². The Morgan fingerprint density at radius 1 is 1.38 bits per heavy atom. The van der Waals surface area contributed by atoms with Gasteiger partial charge >= 0.3 is 0 Å². The lowest BCUT2D eigenvalue weighted by Gasteiger charge is -2.26. The fraction of sp³-hybridized carbons (Fsp3) is 0.278. The molecular weight excluding hydrogens is 302 g/mol. The predicted octanol–water partition coefficient (Wildman–Crippen LogP) is 2.66. The van der Waals surface area contributed by atoms with Crippen molar-refractivity contribution in [3.8, 4) is 0 Å². The Morgan fingerprint density at radius 3 is 3.12 bits per heavy atom. The number of fused-ring (bicyclic) bond motifs is 2. The smallest absolute Gasteiger partial charge is 0.253 e. The maximum Gasteiger partial charge on any atom is 0.253 e. The summed E-state index contributed by atoms with van der Waals surface area (Å²) in [6.45, 7) is 1.92. The lowest BCUT2D eigenvalue weighted by molar-refractivity contribution is 0.0932. The molecule has 4 N–H and O–H groups in total. The van der Waals surface area contributed by atoms with Gasteiger partial charge in [-0.25, -0.2) is 4.98 Å². The number of amides is 1. The largest absolute Gasteiger partial charge is 0.399 e. The maximum atomic E-state index is 12.7. The van der Waals surface area contributed by atoms with E-state index >= 15 is 0 Å². The Morgan fingerprint density at radius 2 is 2.25 bits per heavy atom. The third-order valence-corrected chi connectivity index (χ3v) is 4.65. The molecule has 0 saturated heterocycles. The summed E-state index contributed by atoms with van der Waals surface area (Å²) in [5, 5.41) is 11.0. The summed E-state index contributed by atoms with van der Waals surface area (Å²) in [7, 11) is 0. The molecule has 3 aromatic rings. The first kappa shape index (κ1) is 14.7. The lowest BCUT2D eigenvalue weighted by atomic mass is 9.87. The zero-order valence-corrected chi connectivity index (χ0v) is 13.5. The number of nitrogens with zero attached hydrogens (tertiary/aromatic N) is 2. The molecule has 0 bridgehead atoms. The molecule has 1 amide bonds. The minimum absolute atomic E-state index is 0.0167. The van der Waals surface area contributed by atoms with Crippen molar-refractivity contribution >= 4 is 22.6 Å². The quantitative estimate of drug-likeness (QED) is 0.632. The van der Waals surface area contributed by atoms with Crippen molar-refractivity contribution in [3.05, 3.63) is 52.8 Å². The Kier molecular flexibility index (Phi) is 3.45. The molecule has 1 atom stereocenters. The number of aromatic amines is 1. The molecule has 1 aliphatic carbocycles. The average molecular weight is 321 g/mol. The Hall–Kier alpha value is -2.89. The minimum Gasteiger partial charge on any atom is -0.399 e. The van der Waals surface area contributed by atoms with Crippen LogP contribution >= 0.6 is 0 Å². The standard InChI is InChI=1S/C18H19N5O/c1-10-15-8-12(9-20-17(15)23-22-10)18(24)21-16-4-2-3-11-7-13(19)5-6-14(11)16/h5-9,16H,2-4,19H2,1H3,(H,21,24)(H,20,22,23). The van der Waals surface area contributed by atoms with E-state index in [1.807, 2.05) is 31.2 Å². The molecule has 1 aromatic carbocycles. The second-order valence-corrected chi connectivity index (χ2v) is 6.32. The van der Waals surface area contributed by atoms with Gasteiger partial charge in [-0.3, -0.25) is 9.89 Å². The first-order chi connectivity index (χ1) is 11.6. The Balaban J connectivity index is 1.61. The summed E-state index contributed by atoms with van der Waals surface area (Å²) in [6, 6.07) is 7.78. The topological polar surface area (TPSA) is 96.7 Å². The van der Waals surface area contributed by atoms with Crippen LogP contribution in [-0.4, -0.2) is 21.1 Å². The number of benzene rings is 1. The summed E-state index contributed by atoms with van der Waals surface area (Å²) >= 11 is 0. The molecule has 0 radical (unpaired) electrons. The molecule has 0 fully saturated rings. The highest BCUT2D eigenvalue weighted by Gasteiger charge is 2.22. The zero-order valence-electron chi connectivity index (χ0n) is 13.5. The van der Waals surface area contributed by atoms with Crippen LogP contribution in [0.25, 0.3) is 11.0 Å². The molecule has 6 nitrogen and oxygen atoms in total. The highest BCUT2D eigenvalue weighted by Crippen LogP contribution is 2.31. The van der Waals surface area contributed by atoms with E-state index in [0.717, 1.165) is 41.6 Å². The number of carbonyl (C=O) groups excluding carboxylic acids is 1. The number of carbonyl (C=O) groups is 1. The number of aryl methyl sites for hydroxylation is 2. The third-order valence-electron chi connectivity index (χ3n) is 4.65. The number of nitrogen functional groups attached to an aromatic ring is 1. The third kappa shape index (κ3) is 2.50. The molecule has 0 saturated carbocycles. The normalized spacial score (nSPS) is 16.8. The van der Waals surface area contributed by atoms with E-state index in [0.29, 0.717) is 11.2 Å². The van der Waals surface area contributed by atoms with Crippen molar-refractivity contribution in [2.24, 2.45) is 0 Å². The number of pyridine rings is 1. The van der Waals surface area contributed by atoms with Crippen LogP contribution in [0.5, 0.6) is 0 Å². The summed E-state index contributed by atoms with van der Waals surface area (Å²) in [4.78, 5) is 16.9. The monoisotopic (exact) mass is 321 g/mol. The van der Waals surface area contributed by atoms with Crippen molar-refractivity contribution in [3.63, 3.8) is 0 Å². The molecule has 24 heavy (non-hydrogen) atoms. The van der Waals surface area contributed by atoms with Crippen molar-refractivity contribution in [1.29, 1.82) is 0 Å². The van der Waals surface area contributed by atoms with Crippen molar-refractivity contribution in [1.82, 2.24) is 20.5 Å². The molecule has 2 aromatic heterocycles. The molecule has 4 rings (SSSR count). The molecule has 2 heterocycles. The number of hydrogen-bond donors (Lipinski definition) is 3. The van der Waals surface area contributed by atoms with Gasteiger partial charge in [0.2, 0.25) is 0 Å². The number of rotatable bonds is 2. The van der Waals surface area contributed by atoms with Crippen LogP contribution in [-0.2, 0) is 6.42 Å². The van der Waals surface area contributed by atoms with Crippen molar-refractivity contribution in [2.75, 3.05) is 5.73 Å². The van der Waals surface area contributed by atoms with Gasteiger partial charge in [0.1, 0.15) is 0 Å². The van der Waals surface area contributed by atoms with E-state index in [-0.39, 0.29) is 11.9 Å². The first-order valence-electron chi connectivity index (χ1n) is 8.12. The molecular formula is C18H19N5O. The van der Waals surface area contributed by atoms with E-state index in [9.17, 15) is 4.79 Å². The number of nitrogens with two attached hydrogens (primary N) is 1. The number of anilines is 1. The molecule has 0 aliphatic heterocycles. The van der Waals surface area contributed by atoms with Crippen LogP contribution in [0.4, 0.5) is 5.69 Å². The van der Waals surface area contributed by atoms with E-state index < -0.39 is 0 Å². The summed E-state index contributed by atoms with van der Waals surface area (Å²) in [6.07, 6.45) is 4.56. The van der Waals surface area contributed by atoms with E-state index in [1.165, 1.54) is 5.56 Å². The fourth-order valence-corrected chi connectivity index (χ4v) is 3.37. The van der Waals surface area contributed by atoms with Crippen LogP contribution < -0.4 is 11.1 Å². The van der Waals surface area contributed by atoms with E-state index in [2.05, 4.69) is 20.5 Å². The van der Waals surface area contributed by atoms with Gasteiger partial charge in [0.05, 0.1) is 11.6 Å². The average Bonchev–Trinajstić information content (AvgIpc) is 2.95. The van der Waals surface area contributed by atoms with Crippen molar-refractivity contribution < 1.29 is 4.79 Å². The summed E-state index contributed by atoms with van der Waals surface area (Å²) in [5.74, 6) is -0.111. The van der Waals surface area contributed by atoms with Gasteiger partial charge in [-0.1, -0.05) is 6.07 Å². The maximum absolute atomic E-state index is 12.7. The highest BCUT2D eigenvalue weighted by atomic mass is 16.1. The van der Waals surface area contributed by atoms with Gasteiger partial charge in [-0.05, 0) is 55.5 Å². The van der Waals surface area contributed by atoms with Crippen LogP contribution in [0.2, 0.25) is 0 Å². The first-order valence-corrected chi connectivity index (χ1v) is 8.12. The van der Waals surface area contributed by atoms with E-state index in [1.54, 1.807) is 6.20 Å². The van der Waals surface area contributed by atoms with Crippen LogP contribution in [0.15, 0.2) is 30.5 Å². The van der Waals surface area contributed by atoms with Gasteiger partial charge in [-0.2, -0.15) is 5.10 Å². The molecule has 122 valence electrons. The molecule has 0 spiro atoms. The number of nitrogens with one attached hydrogen (secondary N) is 2. The van der Waals surface area contributed by atoms with E-state index in [4.69, 9.17) is 5.73 Å². The number of hydrogen-bond acceptors (Lipinski definition) is 4. The van der Waals surface area contributed by atoms with Crippen LogP contribution in [0.3, 0.4) is 0 Å². The Bertz CT molecular complexity index is 930. The summed E-state index contributed by atoms with van der Waals surface area (Å²) in [5.41, 5.74) is 11.1. The Labute approximate surface area is 139 Å². The summed E-state index contributed by atoms with van der Waals surface area (Å²) < 4.78 is 0. The van der Waals surface area contributed by atoms with Gasteiger partial charge in [0.15, 0.2) is 5.65 Å². The second kappa shape index (κ2) is 5.63. The SMILES string of the molecule is Cc1[nH]nc2ncc(C(=O)NC3CCCc4cc(N)ccc43)cc12. The number of H-pyrrole nitrogens is 1. The minimum atomic E-state index is -0.111. The zero-order chi connectivity index (χ0) is 16.7. The predicted molar refractivity (Wildman–Crippen MR) is 92.6 cm³/mol. The van der Waals surface area contributed by atoms with Gasteiger partial charge in [0, 0.05) is 23.0 Å². The van der Waals surface area contributed by atoms with Crippen LogP contribution in [0.1, 0.15) is 46.1 Å². The fourth-order valence-electron chi connectivity index (χ4n) is 3.37. The second-order valence-electron chi connectivity index (χ2n) is 6.32. The lowest BCUT2D eigenvalue weighted by Crippen LogP contribution is -2.31. The highest BCUT2D eigenvalue weighted by molar-refractivity contribution is 5.97. The van der Waals surface area contributed by atoms with Gasteiger partial charge in [0.25, 0.3) is 5.91 Å². The van der Waals surface area contributed by atoms with Gasteiger partial charge < -0.3 is 11.1 Å². The molecule has 1 unspecified atom stereocenters. The van der Waals surface area contributed by atoms with Crippen molar-refractivity contribution in [2.45, 2.75) is 32.2 Å².